The Bertz CT molecular complexity index is 1070. The predicted molar refractivity (Wildman–Crippen MR) is 112 cm³/mol. The maximum Gasteiger partial charge on any atom is 0.266 e. The second kappa shape index (κ2) is 8.16. The van der Waals surface area contributed by atoms with E-state index in [2.05, 4.69) is 24.9 Å². The van der Waals surface area contributed by atoms with Crippen LogP contribution in [0.4, 0.5) is 0 Å². The molecule has 0 radical (unpaired) electrons. The number of hydrogen-bond donors (Lipinski definition) is 0. The molecule has 0 N–H and O–H groups in total. The molecule has 3 rings (SSSR count). The Balaban J connectivity index is 2.22. The third-order valence-corrected chi connectivity index (χ3v) is 5.77. The van der Waals surface area contributed by atoms with Crippen molar-refractivity contribution in [1.82, 2.24) is 9.55 Å². The van der Waals surface area contributed by atoms with E-state index in [4.69, 9.17) is 11.6 Å². The van der Waals surface area contributed by atoms with Crippen LogP contribution in [0.5, 0.6) is 0 Å². The maximum absolute atomic E-state index is 13.2. The van der Waals surface area contributed by atoms with E-state index in [9.17, 15) is 10.1 Å². The zero-order chi connectivity index (χ0) is 19.6. The molecule has 0 aliphatic rings. The summed E-state index contributed by atoms with van der Waals surface area (Å²) in [6.07, 6.45) is 1.05. The zero-order valence-electron chi connectivity index (χ0n) is 15.4. The van der Waals surface area contributed by atoms with Crippen LogP contribution < -0.4 is 5.56 Å². The van der Waals surface area contributed by atoms with Gasteiger partial charge in [0, 0.05) is 5.02 Å². The van der Waals surface area contributed by atoms with Crippen LogP contribution in [0.15, 0.2) is 52.4 Å². The van der Waals surface area contributed by atoms with E-state index < -0.39 is 0 Å². The number of hydrogen-bond acceptors (Lipinski definition) is 4. The topological polar surface area (TPSA) is 58.7 Å². The molecule has 0 saturated carbocycles. The Kier molecular flexibility index (Phi) is 5.88. The van der Waals surface area contributed by atoms with Gasteiger partial charge >= 0.3 is 0 Å². The molecule has 0 aliphatic carbocycles. The molecule has 1 heterocycles. The Hall–Kier alpha value is -2.29. The second-order valence-corrected chi connectivity index (χ2v) is 8.23. The Labute approximate surface area is 167 Å². The zero-order valence-corrected chi connectivity index (χ0v) is 17.0. The summed E-state index contributed by atoms with van der Waals surface area (Å²) < 4.78 is 1.57. The highest BCUT2D eigenvalue weighted by Gasteiger charge is 2.16. The van der Waals surface area contributed by atoms with E-state index in [0.717, 1.165) is 12.1 Å². The van der Waals surface area contributed by atoms with Crippen molar-refractivity contribution < 1.29 is 0 Å². The lowest BCUT2D eigenvalue weighted by Gasteiger charge is -2.15. The molecule has 3 aromatic rings. The third kappa shape index (κ3) is 4.02. The molecule has 4 nitrogen and oxygen atoms in total. The minimum absolute atomic E-state index is 0.188. The smallest absolute Gasteiger partial charge is 0.266 e. The fourth-order valence-electron chi connectivity index (χ4n) is 2.82. The van der Waals surface area contributed by atoms with Gasteiger partial charge < -0.3 is 0 Å². The van der Waals surface area contributed by atoms with Crippen LogP contribution in [-0.4, -0.2) is 14.8 Å². The lowest BCUT2D eigenvalue weighted by Crippen LogP contribution is -2.22. The molecule has 0 aliphatic heterocycles. The van der Waals surface area contributed by atoms with Crippen LogP contribution in [0.3, 0.4) is 0 Å². The summed E-state index contributed by atoms with van der Waals surface area (Å²) in [5, 5.41) is 10.3. The van der Waals surface area contributed by atoms with Crippen molar-refractivity contribution in [2.45, 2.75) is 43.5 Å². The van der Waals surface area contributed by atoms with Crippen LogP contribution in [-0.2, 0) is 0 Å². The van der Waals surface area contributed by atoms with Gasteiger partial charge in [-0.25, -0.2) is 4.98 Å². The van der Waals surface area contributed by atoms with E-state index in [0.29, 0.717) is 27.0 Å². The summed E-state index contributed by atoms with van der Waals surface area (Å²) in [6.45, 7) is 6.12. The maximum atomic E-state index is 13.2. The number of benzene rings is 2. The van der Waals surface area contributed by atoms with E-state index in [1.807, 2.05) is 24.3 Å². The third-order valence-electron chi connectivity index (χ3n) is 4.60. The van der Waals surface area contributed by atoms with Crippen molar-refractivity contribution in [2.75, 3.05) is 0 Å². The fourth-order valence-corrected chi connectivity index (χ4v) is 3.80. The number of nitriles is 1. The first-order chi connectivity index (χ1) is 12.9. The van der Waals surface area contributed by atoms with Gasteiger partial charge in [0.1, 0.15) is 0 Å². The van der Waals surface area contributed by atoms with Crippen molar-refractivity contribution in [3.05, 3.63) is 63.4 Å². The minimum Gasteiger partial charge on any atom is -0.268 e. The number of fused-ring (bicyclic) bond motifs is 1. The number of aromatic nitrogens is 2. The van der Waals surface area contributed by atoms with Gasteiger partial charge in [-0.1, -0.05) is 49.3 Å². The highest BCUT2D eigenvalue weighted by Crippen LogP contribution is 2.27. The summed E-state index contributed by atoms with van der Waals surface area (Å²) >= 11 is 7.35. The largest absolute Gasteiger partial charge is 0.268 e. The standard InChI is InChI=1S/C21H20ClN3OS/c1-4-13(2)15-5-8-17(9-6-15)25-20(26)18-11-16(22)7-10-19(18)24-21(25)27-14(3)12-23/h5-11,13-14H,4H2,1-3H3/t13-,14+/m1/s1. The Morgan fingerprint density at radius 3 is 2.56 bits per heavy atom. The van der Waals surface area contributed by atoms with Gasteiger partial charge in [0.2, 0.25) is 0 Å². The average molecular weight is 398 g/mol. The van der Waals surface area contributed by atoms with E-state index in [-0.39, 0.29) is 10.8 Å². The van der Waals surface area contributed by atoms with Crippen LogP contribution in [0, 0.1) is 11.3 Å². The van der Waals surface area contributed by atoms with Crippen molar-refractivity contribution in [3.8, 4) is 11.8 Å². The monoisotopic (exact) mass is 397 g/mol. The van der Waals surface area contributed by atoms with Crippen LogP contribution in [0.2, 0.25) is 5.02 Å². The molecule has 0 fully saturated rings. The van der Waals surface area contributed by atoms with Crippen molar-refractivity contribution in [1.29, 1.82) is 5.26 Å². The molecule has 2 atom stereocenters. The molecule has 138 valence electrons. The molecule has 0 amide bonds. The molecule has 0 bridgehead atoms. The van der Waals surface area contributed by atoms with Crippen LogP contribution >= 0.6 is 23.4 Å². The molecular formula is C21H20ClN3OS. The molecule has 2 aromatic carbocycles. The lowest BCUT2D eigenvalue weighted by atomic mass is 9.98. The normalized spacial score (nSPS) is 13.3. The Morgan fingerprint density at radius 2 is 1.93 bits per heavy atom. The summed E-state index contributed by atoms with van der Waals surface area (Å²) in [5.41, 5.74) is 2.34. The van der Waals surface area contributed by atoms with E-state index in [1.165, 1.54) is 17.3 Å². The van der Waals surface area contributed by atoms with Gasteiger partial charge in [-0.15, -0.1) is 0 Å². The van der Waals surface area contributed by atoms with Crippen LogP contribution in [0.1, 0.15) is 38.7 Å². The Morgan fingerprint density at radius 1 is 1.22 bits per heavy atom. The van der Waals surface area contributed by atoms with Gasteiger partial charge in [-0.3, -0.25) is 9.36 Å². The minimum atomic E-state index is -0.327. The first-order valence-electron chi connectivity index (χ1n) is 8.83. The summed E-state index contributed by atoms with van der Waals surface area (Å²) in [6, 6.07) is 15.2. The SMILES string of the molecule is CC[C@@H](C)c1ccc(-n2c(S[C@@H](C)C#N)nc3ccc(Cl)cc3c2=O)cc1. The summed E-state index contributed by atoms with van der Waals surface area (Å²) in [4.78, 5) is 17.8. The number of thioether (sulfide) groups is 1. The van der Waals surface area contributed by atoms with Gasteiger partial charge in [0.05, 0.1) is 27.9 Å². The fraction of sp³-hybridized carbons (Fsp3) is 0.286. The second-order valence-electron chi connectivity index (χ2n) is 6.49. The summed E-state index contributed by atoms with van der Waals surface area (Å²) in [5.74, 6) is 0.455. The average Bonchev–Trinajstić information content (AvgIpc) is 2.68. The molecule has 0 unspecified atom stereocenters. The summed E-state index contributed by atoms with van der Waals surface area (Å²) in [7, 11) is 0. The predicted octanol–water partition coefficient (Wildman–Crippen LogP) is 5.56. The molecule has 0 saturated heterocycles. The quantitative estimate of drug-likeness (QED) is 0.418. The van der Waals surface area contributed by atoms with Gasteiger partial charge in [0.15, 0.2) is 5.16 Å². The van der Waals surface area contributed by atoms with E-state index in [1.54, 1.807) is 29.7 Å². The number of rotatable bonds is 5. The number of halogens is 1. The first-order valence-corrected chi connectivity index (χ1v) is 10.1. The van der Waals surface area contributed by atoms with Gasteiger partial charge in [-0.05, 0) is 55.2 Å². The van der Waals surface area contributed by atoms with E-state index >= 15 is 0 Å². The molecule has 27 heavy (non-hydrogen) atoms. The highest BCUT2D eigenvalue weighted by molar-refractivity contribution is 8.00. The van der Waals surface area contributed by atoms with Crippen LogP contribution in [0.25, 0.3) is 16.6 Å². The van der Waals surface area contributed by atoms with Gasteiger partial charge in [0.25, 0.3) is 5.56 Å². The molecule has 6 heteroatoms. The van der Waals surface area contributed by atoms with Crippen molar-refractivity contribution in [2.24, 2.45) is 0 Å². The highest BCUT2D eigenvalue weighted by atomic mass is 35.5. The molecule has 0 spiro atoms. The number of nitrogens with zero attached hydrogens (tertiary/aromatic N) is 3. The van der Waals surface area contributed by atoms with Crippen molar-refractivity contribution >= 4 is 34.3 Å². The van der Waals surface area contributed by atoms with Crippen molar-refractivity contribution in [3.63, 3.8) is 0 Å². The molecular weight excluding hydrogens is 378 g/mol. The molecule has 1 aromatic heterocycles. The first kappa shape index (κ1) is 19.5. The van der Waals surface area contributed by atoms with Gasteiger partial charge in [-0.2, -0.15) is 5.26 Å². The lowest BCUT2D eigenvalue weighted by molar-refractivity contribution is 0.732.